The van der Waals surface area contributed by atoms with E-state index in [9.17, 15) is 5.11 Å². The molecule has 0 amide bonds. The Balaban J connectivity index is 2.24. The summed E-state index contributed by atoms with van der Waals surface area (Å²) in [7, 11) is 0. The van der Waals surface area contributed by atoms with E-state index in [0.717, 1.165) is 0 Å². The molecule has 2 heteroatoms. The lowest BCUT2D eigenvalue weighted by Crippen LogP contribution is -2.21. The van der Waals surface area contributed by atoms with Crippen molar-refractivity contribution in [3.05, 3.63) is 12.7 Å². The molecule has 1 rings (SSSR count). The number of hydrogen-bond donors (Lipinski definition) is 1. The third-order valence-corrected chi connectivity index (χ3v) is 1.55. The fraction of sp³-hybridized carbons (Fsp3) is 0.750. The number of hydrogen-bond acceptors (Lipinski definition) is 2. The van der Waals surface area contributed by atoms with Gasteiger partial charge >= 0.3 is 0 Å². The average Bonchev–Trinajstić information content (AvgIpc) is 2.42. The summed E-state index contributed by atoms with van der Waals surface area (Å²) in [6, 6.07) is 0. The smallest absolute Gasteiger partial charge is 0.102 e. The summed E-state index contributed by atoms with van der Waals surface area (Å²) < 4.78 is 5.16. The maximum atomic E-state index is 9.33. The molecule has 0 bridgehead atoms. The van der Waals surface area contributed by atoms with Gasteiger partial charge in [-0.05, 0) is 13.8 Å². The second-order valence-corrected chi connectivity index (χ2v) is 3.39. The second kappa shape index (κ2) is 2.36. The summed E-state index contributed by atoms with van der Waals surface area (Å²) in [5, 5.41) is 9.33. The Bertz CT molecular complexity index is 135. The van der Waals surface area contributed by atoms with Crippen LogP contribution in [0.5, 0.6) is 0 Å². The lowest BCUT2D eigenvalue weighted by atomic mass is 10.0. The highest BCUT2D eigenvalue weighted by Gasteiger charge is 2.39. The Kier molecular flexibility index (Phi) is 1.84. The Morgan fingerprint density at radius 1 is 1.70 bits per heavy atom. The van der Waals surface area contributed by atoms with Crippen molar-refractivity contribution in [1.82, 2.24) is 0 Å². The standard InChI is InChI=1S/C8H14O2/c1-4-6-7(10-6)5-8(2,3)9/h4,6-7,9H,1,5H2,2-3H3/t6-,7-/m1/s1. The van der Waals surface area contributed by atoms with Crippen LogP contribution in [-0.2, 0) is 4.74 Å². The van der Waals surface area contributed by atoms with Gasteiger partial charge in [0.1, 0.15) is 6.10 Å². The second-order valence-electron chi connectivity index (χ2n) is 3.39. The lowest BCUT2D eigenvalue weighted by Gasteiger charge is -2.14. The van der Waals surface area contributed by atoms with E-state index in [2.05, 4.69) is 6.58 Å². The van der Waals surface area contributed by atoms with Gasteiger partial charge in [0.25, 0.3) is 0 Å². The van der Waals surface area contributed by atoms with Crippen LogP contribution in [0.3, 0.4) is 0 Å². The first-order valence-electron chi connectivity index (χ1n) is 3.53. The summed E-state index contributed by atoms with van der Waals surface area (Å²) in [5.74, 6) is 0. The maximum Gasteiger partial charge on any atom is 0.102 e. The molecule has 0 spiro atoms. The summed E-state index contributed by atoms with van der Waals surface area (Å²) >= 11 is 0. The van der Waals surface area contributed by atoms with Gasteiger partial charge in [-0.3, -0.25) is 0 Å². The SMILES string of the molecule is C=C[C@H]1O[C@@H]1CC(C)(C)O. The van der Waals surface area contributed by atoms with Crippen molar-refractivity contribution in [1.29, 1.82) is 0 Å². The van der Waals surface area contributed by atoms with Crippen LogP contribution in [0.25, 0.3) is 0 Å². The van der Waals surface area contributed by atoms with Gasteiger partial charge in [0.2, 0.25) is 0 Å². The van der Waals surface area contributed by atoms with E-state index >= 15 is 0 Å². The van der Waals surface area contributed by atoms with Gasteiger partial charge in [-0.2, -0.15) is 0 Å². The van der Waals surface area contributed by atoms with Crippen LogP contribution in [0.1, 0.15) is 20.3 Å². The van der Waals surface area contributed by atoms with Gasteiger partial charge in [-0.1, -0.05) is 6.08 Å². The normalized spacial score (nSPS) is 31.9. The summed E-state index contributed by atoms with van der Waals surface area (Å²) in [6.07, 6.45) is 2.86. The largest absolute Gasteiger partial charge is 0.390 e. The zero-order valence-corrected chi connectivity index (χ0v) is 6.50. The van der Waals surface area contributed by atoms with E-state index in [1.807, 2.05) is 0 Å². The molecule has 1 heterocycles. The van der Waals surface area contributed by atoms with Gasteiger partial charge in [0, 0.05) is 6.42 Å². The third kappa shape index (κ3) is 2.12. The quantitative estimate of drug-likeness (QED) is 0.473. The zero-order chi connectivity index (χ0) is 7.78. The first kappa shape index (κ1) is 7.76. The molecule has 10 heavy (non-hydrogen) atoms. The Morgan fingerprint density at radius 2 is 2.30 bits per heavy atom. The van der Waals surface area contributed by atoms with Crippen LogP contribution in [0.2, 0.25) is 0 Å². The van der Waals surface area contributed by atoms with Crippen LogP contribution in [0.4, 0.5) is 0 Å². The highest BCUT2D eigenvalue weighted by atomic mass is 16.6. The molecule has 1 saturated heterocycles. The Morgan fingerprint density at radius 3 is 2.60 bits per heavy atom. The Hall–Kier alpha value is -0.340. The molecule has 1 fully saturated rings. The van der Waals surface area contributed by atoms with Crippen molar-refractivity contribution >= 4 is 0 Å². The molecular weight excluding hydrogens is 128 g/mol. The van der Waals surface area contributed by atoms with Gasteiger partial charge in [-0.15, -0.1) is 6.58 Å². The van der Waals surface area contributed by atoms with Gasteiger partial charge in [0.15, 0.2) is 0 Å². The van der Waals surface area contributed by atoms with Gasteiger partial charge in [0.05, 0.1) is 11.7 Å². The van der Waals surface area contributed by atoms with Crippen LogP contribution >= 0.6 is 0 Å². The van der Waals surface area contributed by atoms with Gasteiger partial charge in [-0.25, -0.2) is 0 Å². The molecule has 0 aliphatic carbocycles. The van der Waals surface area contributed by atoms with Crippen molar-refractivity contribution in [2.24, 2.45) is 0 Å². The number of rotatable bonds is 3. The number of aliphatic hydroxyl groups is 1. The predicted octanol–water partition coefficient (Wildman–Crippen LogP) is 1.10. The predicted molar refractivity (Wildman–Crippen MR) is 39.8 cm³/mol. The van der Waals surface area contributed by atoms with E-state index in [1.54, 1.807) is 19.9 Å². The first-order chi connectivity index (χ1) is 4.53. The summed E-state index contributed by atoms with van der Waals surface area (Å²) in [6.45, 7) is 7.17. The van der Waals surface area contributed by atoms with Crippen LogP contribution in [0.15, 0.2) is 12.7 Å². The van der Waals surface area contributed by atoms with Crippen LogP contribution in [0, 0.1) is 0 Å². The molecule has 2 nitrogen and oxygen atoms in total. The highest BCUT2D eigenvalue weighted by Crippen LogP contribution is 2.30. The maximum absolute atomic E-state index is 9.33. The summed E-state index contributed by atoms with van der Waals surface area (Å²) in [5.41, 5.74) is -0.609. The fourth-order valence-corrected chi connectivity index (χ4v) is 1.02. The fourth-order valence-electron chi connectivity index (χ4n) is 1.02. The van der Waals surface area contributed by atoms with Crippen molar-refractivity contribution < 1.29 is 9.84 Å². The molecule has 58 valence electrons. The molecule has 0 radical (unpaired) electrons. The summed E-state index contributed by atoms with van der Waals surface area (Å²) in [4.78, 5) is 0. The average molecular weight is 142 g/mol. The molecular formula is C8H14O2. The molecule has 0 aromatic rings. The van der Waals surface area contributed by atoms with E-state index in [-0.39, 0.29) is 12.2 Å². The van der Waals surface area contributed by atoms with Gasteiger partial charge < -0.3 is 9.84 Å². The molecule has 0 aromatic heterocycles. The van der Waals surface area contributed by atoms with Crippen molar-refractivity contribution in [2.45, 2.75) is 38.1 Å². The number of epoxide rings is 1. The molecule has 0 unspecified atom stereocenters. The Labute approximate surface area is 61.5 Å². The molecule has 1 aliphatic rings. The van der Waals surface area contributed by atoms with E-state index in [0.29, 0.717) is 6.42 Å². The minimum absolute atomic E-state index is 0.187. The van der Waals surface area contributed by atoms with E-state index in [4.69, 9.17) is 4.74 Å². The highest BCUT2D eigenvalue weighted by molar-refractivity contribution is 4.99. The monoisotopic (exact) mass is 142 g/mol. The first-order valence-corrected chi connectivity index (χ1v) is 3.53. The lowest BCUT2D eigenvalue weighted by molar-refractivity contribution is 0.0624. The van der Waals surface area contributed by atoms with Crippen molar-refractivity contribution in [2.75, 3.05) is 0 Å². The van der Waals surface area contributed by atoms with E-state index in [1.165, 1.54) is 0 Å². The van der Waals surface area contributed by atoms with Crippen molar-refractivity contribution in [3.63, 3.8) is 0 Å². The molecule has 2 atom stereocenters. The van der Waals surface area contributed by atoms with Crippen molar-refractivity contribution in [3.8, 4) is 0 Å². The molecule has 0 aromatic carbocycles. The minimum Gasteiger partial charge on any atom is -0.390 e. The zero-order valence-electron chi connectivity index (χ0n) is 6.50. The number of ether oxygens (including phenoxy) is 1. The third-order valence-electron chi connectivity index (χ3n) is 1.55. The molecule has 1 N–H and O–H groups in total. The van der Waals surface area contributed by atoms with Crippen LogP contribution < -0.4 is 0 Å². The topological polar surface area (TPSA) is 32.8 Å². The molecule has 0 saturated carbocycles. The minimum atomic E-state index is -0.609. The van der Waals surface area contributed by atoms with E-state index < -0.39 is 5.60 Å². The molecule has 1 aliphatic heterocycles. The van der Waals surface area contributed by atoms with Crippen LogP contribution in [-0.4, -0.2) is 22.9 Å².